The van der Waals surface area contributed by atoms with Gasteiger partial charge < -0.3 is 25.2 Å². The van der Waals surface area contributed by atoms with Crippen molar-refractivity contribution in [3.05, 3.63) is 71.3 Å². The van der Waals surface area contributed by atoms with E-state index in [9.17, 15) is 20.4 Å². The van der Waals surface area contributed by atoms with E-state index in [1.54, 1.807) is 12.1 Å². The minimum Gasteiger partial charge on any atom is -0.504 e. The smallest absolute Gasteiger partial charge is 0.205 e. The Kier molecular flexibility index (Phi) is 6.05. The molecule has 0 aliphatic heterocycles. The highest BCUT2D eigenvalue weighted by atomic mass is 16.5. The summed E-state index contributed by atoms with van der Waals surface area (Å²) in [5, 5.41) is 41.5. The molecule has 0 heterocycles. The Balaban J connectivity index is 2.07. The molecule has 0 saturated heterocycles. The van der Waals surface area contributed by atoms with Gasteiger partial charge in [-0.25, -0.2) is 0 Å². The van der Waals surface area contributed by atoms with Gasteiger partial charge in [-0.05, 0) is 45.6 Å². The van der Waals surface area contributed by atoms with Gasteiger partial charge in [0.2, 0.25) is 11.5 Å². The SMILES string of the molecule is CC(C)(C)c1cc(Oc2cc(C(C)(C)C(C)(C)c3ccccc3)ccc2O)c(O)c(O)c1O. The van der Waals surface area contributed by atoms with Gasteiger partial charge in [0.1, 0.15) is 0 Å². The second-order valence-corrected chi connectivity index (χ2v) is 10.6. The molecule has 0 aliphatic carbocycles. The molecule has 3 aromatic rings. The van der Waals surface area contributed by atoms with E-state index in [2.05, 4.69) is 39.8 Å². The highest BCUT2D eigenvalue weighted by Crippen LogP contribution is 2.51. The molecule has 33 heavy (non-hydrogen) atoms. The Morgan fingerprint density at radius 2 is 1.15 bits per heavy atom. The van der Waals surface area contributed by atoms with Crippen LogP contribution in [0.4, 0.5) is 0 Å². The maximum atomic E-state index is 10.5. The van der Waals surface area contributed by atoms with E-state index in [1.807, 2.05) is 45.0 Å². The van der Waals surface area contributed by atoms with Crippen LogP contribution in [0.15, 0.2) is 54.6 Å². The van der Waals surface area contributed by atoms with E-state index in [0.29, 0.717) is 5.56 Å². The molecule has 0 amide bonds. The number of phenolic OH excluding ortho intramolecular Hbond substituents is 4. The maximum Gasteiger partial charge on any atom is 0.205 e. The Morgan fingerprint density at radius 3 is 1.73 bits per heavy atom. The van der Waals surface area contributed by atoms with Gasteiger partial charge in [0.25, 0.3) is 0 Å². The molecule has 0 fully saturated rings. The molecule has 5 nitrogen and oxygen atoms in total. The third-order valence-corrected chi connectivity index (χ3v) is 6.98. The summed E-state index contributed by atoms with van der Waals surface area (Å²) in [6, 6.07) is 16.9. The number of aromatic hydroxyl groups is 4. The number of phenols is 4. The van der Waals surface area contributed by atoms with Gasteiger partial charge in [-0.2, -0.15) is 0 Å². The third-order valence-electron chi connectivity index (χ3n) is 6.98. The second kappa shape index (κ2) is 8.22. The van der Waals surface area contributed by atoms with Gasteiger partial charge >= 0.3 is 0 Å². The van der Waals surface area contributed by atoms with Crippen molar-refractivity contribution in [3.63, 3.8) is 0 Å². The summed E-state index contributed by atoms with van der Waals surface area (Å²) in [7, 11) is 0. The number of benzene rings is 3. The van der Waals surface area contributed by atoms with Crippen LogP contribution in [-0.4, -0.2) is 20.4 Å². The van der Waals surface area contributed by atoms with Crippen molar-refractivity contribution >= 4 is 0 Å². The van der Waals surface area contributed by atoms with Gasteiger partial charge in [0.05, 0.1) is 0 Å². The molecular weight excluding hydrogens is 416 g/mol. The van der Waals surface area contributed by atoms with Crippen LogP contribution in [0.2, 0.25) is 0 Å². The van der Waals surface area contributed by atoms with Crippen molar-refractivity contribution in [2.45, 2.75) is 64.7 Å². The summed E-state index contributed by atoms with van der Waals surface area (Å²) >= 11 is 0. The summed E-state index contributed by atoms with van der Waals surface area (Å²) in [4.78, 5) is 0. The van der Waals surface area contributed by atoms with Crippen LogP contribution < -0.4 is 4.74 Å². The van der Waals surface area contributed by atoms with Crippen molar-refractivity contribution in [1.82, 2.24) is 0 Å². The van der Waals surface area contributed by atoms with Crippen LogP contribution in [0.5, 0.6) is 34.5 Å². The lowest BCUT2D eigenvalue weighted by atomic mass is 9.61. The van der Waals surface area contributed by atoms with Gasteiger partial charge in [-0.1, -0.05) is 84.9 Å². The first-order valence-corrected chi connectivity index (χ1v) is 11.0. The summed E-state index contributed by atoms with van der Waals surface area (Å²) in [6.45, 7) is 14.2. The first-order chi connectivity index (χ1) is 15.2. The fraction of sp³-hybridized carbons (Fsp3) is 0.357. The fourth-order valence-corrected chi connectivity index (χ4v) is 3.95. The van der Waals surface area contributed by atoms with E-state index in [4.69, 9.17) is 4.74 Å². The van der Waals surface area contributed by atoms with Crippen molar-refractivity contribution in [3.8, 4) is 34.5 Å². The topological polar surface area (TPSA) is 90.2 Å². The molecular formula is C28H34O5. The van der Waals surface area contributed by atoms with Gasteiger partial charge in [0.15, 0.2) is 23.0 Å². The zero-order valence-corrected chi connectivity index (χ0v) is 20.4. The average molecular weight is 451 g/mol. The van der Waals surface area contributed by atoms with Crippen LogP contribution in [0.1, 0.15) is 65.2 Å². The number of hydrogen-bond acceptors (Lipinski definition) is 5. The lowest BCUT2D eigenvalue weighted by Crippen LogP contribution is -2.40. The van der Waals surface area contributed by atoms with Crippen molar-refractivity contribution in [2.24, 2.45) is 0 Å². The standard InChI is InChI=1S/C28H34O5/c1-26(2,3)19-16-22(24(31)25(32)23(19)30)33-21-15-18(13-14-20(21)29)28(6,7)27(4,5)17-11-9-8-10-12-17/h8-16,29-32H,1-7H3. The maximum absolute atomic E-state index is 10.5. The van der Waals surface area contributed by atoms with E-state index in [0.717, 1.165) is 5.56 Å². The molecule has 0 atom stereocenters. The molecule has 5 heteroatoms. The normalized spacial score (nSPS) is 12.6. The molecule has 4 N–H and O–H groups in total. The predicted octanol–water partition coefficient (Wildman–Crippen LogP) is 6.85. The third kappa shape index (κ3) is 4.32. The lowest BCUT2D eigenvalue weighted by molar-refractivity contribution is 0.300. The van der Waals surface area contributed by atoms with E-state index in [1.165, 1.54) is 11.6 Å². The minimum atomic E-state index is -0.654. The van der Waals surface area contributed by atoms with Crippen LogP contribution in [0.25, 0.3) is 0 Å². The van der Waals surface area contributed by atoms with Crippen LogP contribution in [0.3, 0.4) is 0 Å². The molecule has 3 aromatic carbocycles. The van der Waals surface area contributed by atoms with Crippen LogP contribution in [0, 0.1) is 0 Å². The molecule has 0 unspecified atom stereocenters. The zero-order valence-electron chi connectivity index (χ0n) is 20.4. The Hall–Kier alpha value is -3.34. The lowest BCUT2D eigenvalue weighted by Gasteiger charge is -2.43. The first-order valence-electron chi connectivity index (χ1n) is 11.0. The molecule has 3 rings (SSSR count). The fourth-order valence-electron chi connectivity index (χ4n) is 3.95. The Morgan fingerprint density at radius 1 is 0.576 bits per heavy atom. The monoisotopic (exact) mass is 450 g/mol. The van der Waals surface area contributed by atoms with E-state index >= 15 is 0 Å². The van der Waals surface area contributed by atoms with E-state index in [-0.39, 0.29) is 28.1 Å². The quantitative estimate of drug-likeness (QED) is 0.319. The molecule has 0 radical (unpaired) electrons. The van der Waals surface area contributed by atoms with Crippen molar-refractivity contribution in [1.29, 1.82) is 0 Å². The largest absolute Gasteiger partial charge is 0.504 e. The van der Waals surface area contributed by atoms with Crippen LogP contribution >= 0.6 is 0 Å². The molecule has 0 aromatic heterocycles. The molecule has 176 valence electrons. The Bertz CT molecular complexity index is 1160. The molecule has 0 bridgehead atoms. The summed E-state index contributed by atoms with van der Waals surface area (Å²) in [5.74, 6) is -1.65. The van der Waals surface area contributed by atoms with Crippen LogP contribution in [-0.2, 0) is 16.2 Å². The summed E-state index contributed by atoms with van der Waals surface area (Å²) < 4.78 is 5.89. The van der Waals surface area contributed by atoms with Crippen molar-refractivity contribution < 1.29 is 25.2 Å². The summed E-state index contributed by atoms with van der Waals surface area (Å²) in [6.07, 6.45) is 0. The number of rotatable bonds is 5. The van der Waals surface area contributed by atoms with Gasteiger partial charge in [0, 0.05) is 5.56 Å². The van der Waals surface area contributed by atoms with Gasteiger partial charge in [-0.3, -0.25) is 0 Å². The first kappa shape index (κ1) is 24.3. The highest BCUT2D eigenvalue weighted by molar-refractivity contribution is 5.63. The Labute approximate surface area is 195 Å². The number of ether oxygens (including phenoxy) is 1. The molecule has 0 saturated carbocycles. The highest BCUT2D eigenvalue weighted by Gasteiger charge is 2.40. The number of hydrogen-bond donors (Lipinski definition) is 4. The second-order valence-electron chi connectivity index (χ2n) is 10.6. The zero-order chi connectivity index (χ0) is 24.8. The van der Waals surface area contributed by atoms with Gasteiger partial charge in [-0.15, -0.1) is 0 Å². The minimum absolute atomic E-state index is 0.0530. The molecule has 0 aliphatic rings. The van der Waals surface area contributed by atoms with Crippen molar-refractivity contribution in [2.75, 3.05) is 0 Å². The summed E-state index contributed by atoms with van der Waals surface area (Å²) in [5.41, 5.74) is 1.41. The predicted molar refractivity (Wildman–Crippen MR) is 131 cm³/mol. The average Bonchev–Trinajstić information content (AvgIpc) is 2.74. The van der Waals surface area contributed by atoms with E-state index < -0.39 is 22.7 Å². The molecule has 0 spiro atoms.